The van der Waals surface area contributed by atoms with E-state index in [4.69, 9.17) is 5.73 Å². The topological polar surface area (TPSA) is 67.5 Å². The third-order valence-electron chi connectivity index (χ3n) is 2.61. The summed E-state index contributed by atoms with van der Waals surface area (Å²) in [6.45, 7) is 1.86. The van der Waals surface area contributed by atoms with E-state index >= 15 is 0 Å². The Bertz CT molecular complexity index is 418. The lowest BCUT2D eigenvalue weighted by Gasteiger charge is -2.02. The van der Waals surface area contributed by atoms with Crippen molar-refractivity contribution in [3.63, 3.8) is 0 Å². The zero-order valence-corrected chi connectivity index (χ0v) is 9.23. The lowest BCUT2D eigenvalue weighted by molar-refractivity contribution is -0.122. The molecule has 3 N–H and O–H groups in total. The smallest absolute Gasteiger partial charge is 0.243 e. The van der Waals surface area contributed by atoms with Crippen molar-refractivity contribution in [2.75, 3.05) is 5.73 Å². The number of nitrogen functional groups attached to an aromatic ring is 1. The first-order chi connectivity index (χ1) is 7.66. The van der Waals surface area contributed by atoms with Gasteiger partial charge in [0.25, 0.3) is 0 Å². The molecule has 4 heteroatoms. The van der Waals surface area contributed by atoms with Gasteiger partial charge in [0.15, 0.2) is 0 Å². The fourth-order valence-corrected chi connectivity index (χ4v) is 1.36. The van der Waals surface area contributed by atoms with Gasteiger partial charge < -0.3 is 5.73 Å². The molecule has 0 bridgehead atoms. The van der Waals surface area contributed by atoms with Crippen LogP contribution in [0, 0.1) is 5.92 Å². The van der Waals surface area contributed by atoms with Crippen molar-refractivity contribution in [1.29, 1.82) is 0 Å². The summed E-state index contributed by atoms with van der Waals surface area (Å²) in [6.07, 6.45) is 1.98. The van der Waals surface area contributed by atoms with Gasteiger partial charge in [-0.25, -0.2) is 5.43 Å². The number of anilines is 1. The van der Waals surface area contributed by atoms with Crippen LogP contribution in [0.2, 0.25) is 0 Å². The minimum Gasteiger partial charge on any atom is -0.399 e. The van der Waals surface area contributed by atoms with E-state index in [1.54, 1.807) is 0 Å². The maximum atomic E-state index is 11.4. The first-order valence-corrected chi connectivity index (χ1v) is 5.37. The van der Waals surface area contributed by atoms with Crippen molar-refractivity contribution in [2.45, 2.75) is 19.8 Å². The summed E-state index contributed by atoms with van der Waals surface area (Å²) in [5.41, 5.74) is 10.6. The molecule has 1 aromatic rings. The van der Waals surface area contributed by atoms with Crippen molar-refractivity contribution in [1.82, 2.24) is 5.43 Å². The number of carbonyl (C=O) groups is 1. The Morgan fingerprint density at radius 1 is 1.38 bits per heavy atom. The molecule has 0 atom stereocenters. The van der Waals surface area contributed by atoms with E-state index in [1.165, 1.54) is 0 Å². The summed E-state index contributed by atoms with van der Waals surface area (Å²) < 4.78 is 0. The van der Waals surface area contributed by atoms with E-state index in [0.717, 1.165) is 29.8 Å². The number of hydrogen-bond acceptors (Lipinski definition) is 3. The molecule has 0 aromatic heterocycles. The van der Waals surface area contributed by atoms with Crippen LogP contribution in [0.4, 0.5) is 5.69 Å². The molecule has 0 aliphatic heterocycles. The molecule has 1 aromatic carbocycles. The molecule has 2 rings (SSSR count). The fraction of sp³-hybridized carbons (Fsp3) is 0.333. The highest BCUT2D eigenvalue weighted by molar-refractivity contribution is 5.99. The third kappa shape index (κ3) is 2.59. The largest absolute Gasteiger partial charge is 0.399 e. The number of hydrazone groups is 1. The molecule has 1 fully saturated rings. The molecule has 16 heavy (non-hydrogen) atoms. The van der Waals surface area contributed by atoms with Gasteiger partial charge in [-0.2, -0.15) is 5.10 Å². The highest BCUT2D eigenvalue weighted by atomic mass is 16.2. The van der Waals surface area contributed by atoms with Gasteiger partial charge in [-0.3, -0.25) is 4.79 Å². The number of amides is 1. The predicted octanol–water partition coefficient (Wildman–Crippen LogP) is 1.52. The lowest BCUT2D eigenvalue weighted by atomic mass is 10.1. The average molecular weight is 217 g/mol. The molecule has 4 nitrogen and oxygen atoms in total. The van der Waals surface area contributed by atoms with Crippen molar-refractivity contribution in [2.24, 2.45) is 11.0 Å². The van der Waals surface area contributed by atoms with E-state index in [1.807, 2.05) is 31.2 Å². The summed E-state index contributed by atoms with van der Waals surface area (Å²) in [5.74, 6) is 0.206. The Labute approximate surface area is 94.5 Å². The monoisotopic (exact) mass is 217 g/mol. The zero-order valence-electron chi connectivity index (χ0n) is 9.23. The number of benzene rings is 1. The highest BCUT2D eigenvalue weighted by Gasteiger charge is 2.29. The molecule has 1 aliphatic rings. The molecule has 0 heterocycles. The lowest BCUT2D eigenvalue weighted by Crippen LogP contribution is -2.20. The van der Waals surface area contributed by atoms with Gasteiger partial charge in [-0.1, -0.05) is 12.1 Å². The van der Waals surface area contributed by atoms with Crippen LogP contribution in [-0.2, 0) is 4.79 Å². The van der Waals surface area contributed by atoms with E-state index in [-0.39, 0.29) is 11.8 Å². The molecule has 1 aliphatic carbocycles. The van der Waals surface area contributed by atoms with E-state index in [0.29, 0.717) is 0 Å². The standard InChI is InChI=1S/C12H15N3O/c1-8(9-4-6-11(13)7-5-9)14-15-12(16)10-2-3-10/h4-7,10H,2-3,13H2,1H3,(H,15,16)/b14-8-. The van der Waals surface area contributed by atoms with Gasteiger partial charge in [-0.15, -0.1) is 0 Å². The Hall–Kier alpha value is -1.84. The second-order valence-electron chi connectivity index (χ2n) is 4.07. The molecule has 0 unspecified atom stereocenters. The summed E-state index contributed by atoms with van der Waals surface area (Å²) in [7, 11) is 0. The molecule has 1 saturated carbocycles. The first kappa shape index (κ1) is 10.7. The van der Waals surface area contributed by atoms with Gasteiger partial charge in [0.2, 0.25) is 5.91 Å². The Kier molecular flexibility index (Phi) is 2.90. The van der Waals surface area contributed by atoms with Crippen LogP contribution in [0.3, 0.4) is 0 Å². The van der Waals surface area contributed by atoms with Gasteiger partial charge >= 0.3 is 0 Å². The second-order valence-corrected chi connectivity index (χ2v) is 4.07. The molecule has 0 saturated heterocycles. The zero-order chi connectivity index (χ0) is 11.5. The van der Waals surface area contributed by atoms with Crippen LogP contribution in [0.5, 0.6) is 0 Å². The third-order valence-corrected chi connectivity index (χ3v) is 2.61. The number of nitrogens with zero attached hydrogens (tertiary/aromatic N) is 1. The van der Waals surface area contributed by atoms with Gasteiger partial charge in [0.1, 0.15) is 0 Å². The summed E-state index contributed by atoms with van der Waals surface area (Å²) in [5, 5.41) is 4.06. The predicted molar refractivity (Wildman–Crippen MR) is 63.9 cm³/mol. The van der Waals surface area contributed by atoms with Gasteiger partial charge in [0.05, 0.1) is 5.71 Å². The first-order valence-electron chi connectivity index (χ1n) is 5.37. The molecular formula is C12H15N3O. The van der Waals surface area contributed by atoms with Crippen molar-refractivity contribution in [3.8, 4) is 0 Å². The van der Waals surface area contributed by atoms with Crippen LogP contribution in [0.15, 0.2) is 29.4 Å². The number of hydrogen-bond donors (Lipinski definition) is 2. The Balaban J connectivity index is 2.00. The SMILES string of the molecule is C/C(=N/NC(=O)C1CC1)c1ccc(N)cc1. The van der Waals surface area contributed by atoms with Crippen LogP contribution in [0.1, 0.15) is 25.3 Å². The van der Waals surface area contributed by atoms with Crippen LogP contribution < -0.4 is 11.2 Å². The maximum absolute atomic E-state index is 11.4. The Morgan fingerprint density at radius 3 is 2.56 bits per heavy atom. The van der Waals surface area contributed by atoms with Gasteiger partial charge in [-0.05, 0) is 37.5 Å². The minimum atomic E-state index is 0.0230. The summed E-state index contributed by atoms with van der Waals surface area (Å²) in [4.78, 5) is 11.4. The molecule has 84 valence electrons. The maximum Gasteiger partial charge on any atom is 0.243 e. The van der Waals surface area contributed by atoms with Crippen molar-refractivity contribution in [3.05, 3.63) is 29.8 Å². The fourth-order valence-electron chi connectivity index (χ4n) is 1.36. The van der Waals surface area contributed by atoms with Gasteiger partial charge in [0, 0.05) is 11.6 Å². The average Bonchev–Trinajstić information content (AvgIpc) is 3.10. The van der Waals surface area contributed by atoms with Crippen LogP contribution in [-0.4, -0.2) is 11.6 Å². The summed E-state index contributed by atoms with van der Waals surface area (Å²) in [6, 6.07) is 7.41. The van der Waals surface area contributed by atoms with E-state index in [9.17, 15) is 4.79 Å². The molecular weight excluding hydrogens is 202 g/mol. The van der Waals surface area contributed by atoms with Crippen molar-refractivity contribution < 1.29 is 4.79 Å². The quantitative estimate of drug-likeness (QED) is 0.458. The van der Waals surface area contributed by atoms with Crippen molar-refractivity contribution >= 4 is 17.3 Å². The minimum absolute atomic E-state index is 0.0230. The van der Waals surface area contributed by atoms with E-state index in [2.05, 4.69) is 10.5 Å². The summed E-state index contributed by atoms with van der Waals surface area (Å²) >= 11 is 0. The molecule has 0 spiro atoms. The molecule has 1 amide bonds. The number of rotatable bonds is 3. The number of nitrogens with two attached hydrogens (primary N) is 1. The van der Waals surface area contributed by atoms with E-state index < -0.39 is 0 Å². The second kappa shape index (κ2) is 4.35. The highest BCUT2D eigenvalue weighted by Crippen LogP contribution is 2.28. The number of carbonyl (C=O) groups excluding carboxylic acids is 1. The van der Waals surface area contributed by atoms with Crippen LogP contribution >= 0.6 is 0 Å². The molecule has 0 radical (unpaired) electrons. The van der Waals surface area contributed by atoms with Crippen LogP contribution in [0.25, 0.3) is 0 Å². The Morgan fingerprint density at radius 2 is 2.00 bits per heavy atom. The normalized spacial score (nSPS) is 15.9. The number of nitrogens with one attached hydrogen (secondary N) is 1.